The Morgan fingerprint density at radius 2 is 1.05 bits per heavy atom. The van der Waals surface area contributed by atoms with E-state index in [0.717, 1.165) is 19.3 Å². The van der Waals surface area contributed by atoms with E-state index >= 15 is 0 Å². The minimum atomic E-state index is -0.0519. The first-order valence-electron chi connectivity index (χ1n) is 8.41. The molecule has 0 spiro atoms. The number of rotatable bonds is 15. The van der Waals surface area contributed by atoms with Gasteiger partial charge in [0, 0.05) is 13.0 Å². The Labute approximate surface area is 124 Å². The summed E-state index contributed by atoms with van der Waals surface area (Å²) in [6, 6.07) is 0. The van der Waals surface area contributed by atoms with E-state index in [9.17, 15) is 4.79 Å². The number of nitrogens with two attached hydrogens (primary N) is 1. The van der Waals surface area contributed by atoms with Gasteiger partial charge in [0.1, 0.15) is 0 Å². The van der Waals surface area contributed by atoms with Gasteiger partial charge in [0.2, 0.25) is 5.91 Å². The molecular weight excluding hydrogens is 252 g/mol. The van der Waals surface area contributed by atoms with Crippen molar-refractivity contribution in [3.63, 3.8) is 0 Å². The van der Waals surface area contributed by atoms with Crippen LogP contribution in [0.2, 0.25) is 0 Å². The molecule has 0 saturated heterocycles. The van der Waals surface area contributed by atoms with Crippen molar-refractivity contribution in [2.45, 2.75) is 89.9 Å². The second kappa shape index (κ2) is 16.4. The maximum Gasteiger partial charge on any atom is 0.233 e. The lowest BCUT2D eigenvalue weighted by Crippen LogP contribution is -2.29. The third-order valence-electron chi connectivity index (χ3n) is 3.72. The minimum Gasteiger partial charge on any atom is -0.396 e. The lowest BCUT2D eigenvalue weighted by Gasteiger charge is -2.03. The van der Waals surface area contributed by atoms with Crippen molar-refractivity contribution < 1.29 is 9.90 Å². The number of carbonyl (C=O) groups excluding carboxylic acids is 1. The van der Waals surface area contributed by atoms with E-state index in [-0.39, 0.29) is 5.91 Å². The summed E-state index contributed by atoms with van der Waals surface area (Å²) in [5.41, 5.74) is 2.16. The molecule has 0 rings (SSSR count). The molecule has 0 aliphatic carbocycles. The second-order valence-electron chi connectivity index (χ2n) is 5.64. The molecule has 20 heavy (non-hydrogen) atoms. The van der Waals surface area contributed by atoms with Crippen molar-refractivity contribution in [1.82, 2.24) is 5.43 Å². The largest absolute Gasteiger partial charge is 0.396 e. The first kappa shape index (κ1) is 19.4. The number of nitrogens with one attached hydrogen (secondary N) is 1. The number of unbranched alkanes of at least 4 members (excludes halogenated alkanes) is 12. The van der Waals surface area contributed by atoms with Gasteiger partial charge in [-0.25, -0.2) is 5.84 Å². The van der Waals surface area contributed by atoms with E-state index in [1.165, 1.54) is 64.2 Å². The van der Waals surface area contributed by atoms with Crippen molar-refractivity contribution in [2.24, 2.45) is 5.84 Å². The normalized spacial score (nSPS) is 10.7. The Balaban J connectivity index is 2.97. The number of amides is 1. The van der Waals surface area contributed by atoms with Crippen LogP contribution in [0.25, 0.3) is 0 Å². The fourth-order valence-electron chi connectivity index (χ4n) is 2.41. The van der Waals surface area contributed by atoms with Crippen LogP contribution in [0, 0.1) is 0 Å². The molecule has 0 unspecified atom stereocenters. The van der Waals surface area contributed by atoms with E-state index in [2.05, 4.69) is 5.43 Å². The smallest absolute Gasteiger partial charge is 0.233 e. The van der Waals surface area contributed by atoms with Crippen LogP contribution < -0.4 is 11.3 Å². The van der Waals surface area contributed by atoms with E-state index in [0.29, 0.717) is 13.0 Å². The summed E-state index contributed by atoms with van der Waals surface area (Å²) in [6.07, 6.45) is 16.7. The topological polar surface area (TPSA) is 75.3 Å². The predicted molar refractivity (Wildman–Crippen MR) is 84.1 cm³/mol. The van der Waals surface area contributed by atoms with Gasteiger partial charge in [0.25, 0.3) is 0 Å². The molecule has 0 aliphatic heterocycles. The number of aliphatic hydroxyl groups excluding tert-OH is 1. The molecule has 0 aromatic rings. The third-order valence-corrected chi connectivity index (χ3v) is 3.72. The summed E-state index contributed by atoms with van der Waals surface area (Å²) in [5, 5.41) is 8.66. The van der Waals surface area contributed by atoms with Crippen LogP contribution in [0.4, 0.5) is 0 Å². The molecule has 0 atom stereocenters. The number of hydrogen-bond donors (Lipinski definition) is 3. The fraction of sp³-hybridized carbons (Fsp3) is 0.938. The van der Waals surface area contributed by atoms with Crippen LogP contribution in [0.3, 0.4) is 0 Å². The average Bonchev–Trinajstić information content (AvgIpc) is 2.47. The van der Waals surface area contributed by atoms with Crippen molar-refractivity contribution in [2.75, 3.05) is 6.61 Å². The highest BCUT2D eigenvalue weighted by molar-refractivity contribution is 5.74. The van der Waals surface area contributed by atoms with Crippen LogP contribution >= 0.6 is 0 Å². The summed E-state index contributed by atoms with van der Waals surface area (Å²) in [6.45, 7) is 0.344. The van der Waals surface area contributed by atoms with Crippen molar-refractivity contribution in [3.8, 4) is 0 Å². The molecule has 0 aromatic heterocycles. The van der Waals surface area contributed by atoms with Crippen molar-refractivity contribution in [3.05, 3.63) is 0 Å². The van der Waals surface area contributed by atoms with Gasteiger partial charge in [0.05, 0.1) is 0 Å². The SMILES string of the molecule is NNC(=O)CCCCCCCCCCCCCCCO. The van der Waals surface area contributed by atoms with Gasteiger partial charge in [-0.05, 0) is 12.8 Å². The molecular formula is C16H34N2O2. The van der Waals surface area contributed by atoms with Crippen molar-refractivity contribution >= 4 is 5.91 Å². The van der Waals surface area contributed by atoms with E-state index in [1.807, 2.05) is 0 Å². The standard InChI is InChI=1S/C16H34N2O2/c17-18-16(20)14-12-10-8-6-4-2-1-3-5-7-9-11-13-15-19/h19H,1-15,17H2,(H,18,20). The molecule has 0 radical (unpaired) electrons. The molecule has 4 N–H and O–H groups in total. The van der Waals surface area contributed by atoms with E-state index < -0.39 is 0 Å². The van der Waals surface area contributed by atoms with Gasteiger partial charge in [-0.3, -0.25) is 10.2 Å². The molecule has 4 heteroatoms. The maximum absolute atomic E-state index is 10.9. The summed E-state index contributed by atoms with van der Waals surface area (Å²) >= 11 is 0. The zero-order valence-corrected chi connectivity index (χ0v) is 13.0. The fourth-order valence-corrected chi connectivity index (χ4v) is 2.41. The molecule has 1 amide bonds. The van der Waals surface area contributed by atoms with Gasteiger partial charge in [-0.15, -0.1) is 0 Å². The Morgan fingerprint density at radius 1 is 0.700 bits per heavy atom. The Kier molecular flexibility index (Phi) is 15.9. The molecule has 0 fully saturated rings. The quantitative estimate of drug-likeness (QED) is 0.187. The molecule has 4 nitrogen and oxygen atoms in total. The monoisotopic (exact) mass is 286 g/mol. The van der Waals surface area contributed by atoms with Crippen molar-refractivity contribution in [1.29, 1.82) is 0 Å². The minimum absolute atomic E-state index is 0.0519. The van der Waals surface area contributed by atoms with E-state index in [1.54, 1.807) is 0 Å². The first-order chi connectivity index (χ1) is 9.81. The summed E-state index contributed by atoms with van der Waals surface area (Å²) in [7, 11) is 0. The highest BCUT2D eigenvalue weighted by Gasteiger charge is 1.97. The molecule has 0 aliphatic rings. The van der Waals surface area contributed by atoms with E-state index in [4.69, 9.17) is 10.9 Å². The predicted octanol–water partition coefficient (Wildman–Crippen LogP) is 3.43. The van der Waals surface area contributed by atoms with Gasteiger partial charge < -0.3 is 5.11 Å². The lowest BCUT2D eigenvalue weighted by molar-refractivity contribution is -0.121. The Bertz CT molecular complexity index is 211. The zero-order valence-electron chi connectivity index (χ0n) is 13.0. The Hall–Kier alpha value is -0.610. The summed E-state index contributed by atoms with van der Waals surface area (Å²) in [4.78, 5) is 10.9. The average molecular weight is 286 g/mol. The molecule has 0 aromatic carbocycles. The molecule has 0 saturated carbocycles. The van der Waals surface area contributed by atoms with Gasteiger partial charge in [0.15, 0.2) is 0 Å². The molecule has 120 valence electrons. The lowest BCUT2D eigenvalue weighted by atomic mass is 10.0. The summed E-state index contributed by atoms with van der Waals surface area (Å²) in [5.74, 6) is 4.96. The van der Waals surface area contributed by atoms with Gasteiger partial charge in [-0.1, -0.05) is 70.6 Å². The molecule has 0 heterocycles. The number of hydrogen-bond acceptors (Lipinski definition) is 3. The number of hydrazine groups is 1. The zero-order chi connectivity index (χ0) is 14.9. The Morgan fingerprint density at radius 3 is 1.40 bits per heavy atom. The highest BCUT2D eigenvalue weighted by Crippen LogP contribution is 2.12. The van der Waals surface area contributed by atoms with Crippen LogP contribution in [0.15, 0.2) is 0 Å². The van der Waals surface area contributed by atoms with Crippen LogP contribution in [-0.2, 0) is 4.79 Å². The van der Waals surface area contributed by atoms with Gasteiger partial charge in [-0.2, -0.15) is 0 Å². The van der Waals surface area contributed by atoms with Crippen LogP contribution in [0.1, 0.15) is 89.9 Å². The summed E-state index contributed by atoms with van der Waals surface area (Å²) < 4.78 is 0. The van der Waals surface area contributed by atoms with Crippen LogP contribution in [0.5, 0.6) is 0 Å². The highest BCUT2D eigenvalue weighted by atomic mass is 16.2. The first-order valence-corrected chi connectivity index (χ1v) is 8.41. The maximum atomic E-state index is 10.9. The second-order valence-corrected chi connectivity index (χ2v) is 5.64. The third kappa shape index (κ3) is 15.4. The molecule has 0 bridgehead atoms. The van der Waals surface area contributed by atoms with Crippen LogP contribution in [-0.4, -0.2) is 17.6 Å². The van der Waals surface area contributed by atoms with Gasteiger partial charge >= 0.3 is 0 Å². The number of aliphatic hydroxyl groups is 1. The number of carbonyl (C=O) groups is 1.